The fourth-order valence-electron chi connectivity index (χ4n) is 5.22. The van der Waals surface area contributed by atoms with Crippen LogP contribution in [-0.4, -0.2) is 57.7 Å². The Kier molecular flexibility index (Phi) is 10.8. The van der Waals surface area contributed by atoms with Crippen LogP contribution in [0.2, 0.25) is 0 Å². The molecule has 0 radical (unpaired) electrons. The SMILES string of the molecule is CC(Cc1cccc2ccccc12)C(=O)N(c1ccc2ccccc2c1)[C@@H](Cc1cnc[nH]1)C(=O)OCCSSCCO. The fraction of sp³-hybridized carbons (Fsp3) is 0.265. The van der Waals surface area contributed by atoms with Crippen LogP contribution in [0.3, 0.4) is 0 Å². The molecule has 1 unspecified atom stereocenters. The average Bonchev–Trinajstić information content (AvgIpc) is 3.55. The number of imidazole rings is 1. The van der Waals surface area contributed by atoms with Crippen LogP contribution in [0, 0.1) is 5.92 Å². The monoisotopic (exact) mass is 613 g/mol. The molecule has 0 bridgehead atoms. The van der Waals surface area contributed by atoms with Crippen molar-refractivity contribution in [2.75, 3.05) is 29.6 Å². The molecule has 4 aromatic carbocycles. The fourth-order valence-corrected chi connectivity index (χ4v) is 6.82. The predicted molar refractivity (Wildman–Crippen MR) is 177 cm³/mol. The predicted octanol–water partition coefficient (Wildman–Crippen LogP) is 6.46. The summed E-state index contributed by atoms with van der Waals surface area (Å²) >= 11 is 0. The van der Waals surface area contributed by atoms with Crippen molar-refractivity contribution in [3.8, 4) is 0 Å². The zero-order valence-corrected chi connectivity index (χ0v) is 25.7. The maximum absolute atomic E-state index is 14.5. The highest BCUT2D eigenvalue weighted by molar-refractivity contribution is 8.76. The van der Waals surface area contributed by atoms with Crippen LogP contribution in [-0.2, 0) is 27.2 Å². The summed E-state index contributed by atoms with van der Waals surface area (Å²) < 4.78 is 5.77. The second-order valence-corrected chi connectivity index (χ2v) is 13.0. The Bertz CT molecular complexity index is 1660. The summed E-state index contributed by atoms with van der Waals surface area (Å²) in [7, 11) is 3.07. The van der Waals surface area contributed by atoms with E-state index in [9.17, 15) is 9.59 Å². The summed E-state index contributed by atoms with van der Waals surface area (Å²) in [6.07, 6.45) is 3.99. The van der Waals surface area contributed by atoms with Gasteiger partial charge in [-0.15, -0.1) is 0 Å². The van der Waals surface area contributed by atoms with Crippen LogP contribution >= 0.6 is 21.6 Å². The number of H-pyrrole nitrogens is 1. The number of carbonyl (C=O) groups is 2. The zero-order valence-electron chi connectivity index (χ0n) is 24.0. The van der Waals surface area contributed by atoms with E-state index in [2.05, 4.69) is 34.2 Å². The van der Waals surface area contributed by atoms with E-state index in [0.717, 1.165) is 32.8 Å². The van der Waals surface area contributed by atoms with E-state index in [1.54, 1.807) is 17.4 Å². The number of fused-ring (bicyclic) bond motifs is 2. The zero-order chi connectivity index (χ0) is 30.0. The van der Waals surface area contributed by atoms with E-state index in [4.69, 9.17) is 9.84 Å². The third-order valence-corrected chi connectivity index (χ3v) is 9.65. The van der Waals surface area contributed by atoms with Crippen molar-refractivity contribution in [2.24, 2.45) is 5.92 Å². The maximum atomic E-state index is 14.5. The van der Waals surface area contributed by atoms with E-state index in [0.29, 0.717) is 23.6 Å². The Hall–Kier alpha value is -3.79. The number of carbonyl (C=O) groups excluding carboxylic acids is 2. The van der Waals surface area contributed by atoms with E-state index in [1.165, 1.54) is 21.6 Å². The normalized spacial score (nSPS) is 12.7. The topological polar surface area (TPSA) is 95.5 Å². The second-order valence-electron chi connectivity index (χ2n) is 10.3. The van der Waals surface area contributed by atoms with Crippen molar-refractivity contribution >= 4 is 60.7 Å². The first kappa shape index (κ1) is 30.7. The van der Waals surface area contributed by atoms with Crippen molar-refractivity contribution in [3.63, 3.8) is 0 Å². The van der Waals surface area contributed by atoms with Gasteiger partial charge < -0.3 is 14.8 Å². The van der Waals surface area contributed by atoms with Gasteiger partial charge in [-0.1, -0.05) is 101 Å². The van der Waals surface area contributed by atoms with E-state index in [-0.39, 0.29) is 25.5 Å². The number of aliphatic hydroxyl groups is 1. The molecule has 0 aliphatic heterocycles. The summed E-state index contributed by atoms with van der Waals surface area (Å²) in [6, 6.07) is 27.2. The Morgan fingerprint density at radius 1 is 0.907 bits per heavy atom. The summed E-state index contributed by atoms with van der Waals surface area (Å²) in [5, 5.41) is 13.3. The summed E-state index contributed by atoms with van der Waals surface area (Å²) in [6.45, 7) is 2.22. The molecule has 1 heterocycles. The standard InChI is InChI=1S/C34H35N3O4S2/c1-24(19-28-11-6-10-26-8-4-5-12-31(26)28)33(39)37(30-14-13-25-7-2-3-9-27(25)20-30)32(21-29-22-35-23-36-29)34(40)41-16-18-43-42-17-15-38/h2-14,20,22-24,32,38H,15-19,21H2,1H3,(H,35,36)/t24?,32-/m0/s1. The first-order chi connectivity index (χ1) is 21.0. The minimum atomic E-state index is -0.904. The van der Waals surface area contributed by atoms with Gasteiger partial charge in [0.25, 0.3) is 0 Å². The second kappa shape index (κ2) is 15.1. The number of anilines is 1. The molecule has 0 aliphatic carbocycles. The molecule has 9 heteroatoms. The maximum Gasteiger partial charge on any atom is 0.329 e. The minimum Gasteiger partial charge on any atom is -0.463 e. The number of nitrogens with zero attached hydrogens (tertiary/aromatic N) is 2. The number of esters is 1. The largest absolute Gasteiger partial charge is 0.463 e. The van der Waals surface area contributed by atoms with Crippen LogP contribution in [0.15, 0.2) is 97.5 Å². The van der Waals surface area contributed by atoms with Crippen molar-refractivity contribution in [1.82, 2.24) is 9.97 Å². The molecule has 7 nitrogen and oxygen atoms in total. The number of aromatic amines is 1. The van der Waals surface area contributed by atoms with Crippen LogP contribution in [0.25, 0.3) is 21.5 Å². The molecule has 0 aliphatic rings. The first-order valence-corrected chi connectivity index (χ1v) is 16.8. The average molecular weight is 614 g/mol. The smallest absolute Gasteiger partial charge is 0.329 e. The Morgan fingerprint density at radius 3 is 2.44 bits per heavy atom. The number of hydrogen-bond donors (Lipinski definition) is 2. The summed E-state index contributed by atoms with van der Waals surface area (Å²) in [5.74, 6) is 0.146. The molecule has 2 N–H and O–H groups in total. The molecule has 0 fully saturated rings. The Labute approximate surface area is 259 Å². The minimum absolute atomic E-state index is 0.101. The molecule has 1 amide bonds. The highest BCUT2D eigenvalue weighted by atomic mass is 33.1. The van der Waals surface area contributed by atoms with Gasteiger partial charge in [-0.25, -0.2) is 9.78 Å². The highest BCUT2D eigenvalue weighted by Gasteiger charge is 2.35. The molecule has 5 aromatic rings. The van der Waals surface area contributed by atoms with Crippen molar-refractivity contribution < 1.29 is 19.4 Å². The summed E-state index contributed by atoms with van der Waals surface area (Å²) in [5.41, 5.74) is 2.46. The quantitative estimate of drug-likeness (QED) is 0.0844. The van der Waals surface area contributed by atoms with Gasteiger partial charge in [-0.2, -0.15) is 0 Å². The van der Waals surface area contributed by atoms with E-state index < -0.39 is 17.9 Å². The lowest BCUT2D eigenvalue weighted by Crippen LogP contribution is -2.50. The van der Waals surface area contributed by atoms with Gasteiger partial charge in [-0.05, 0) is 45.7 Å². The van der Waals surface area contributed by atoms with Crippen LogP contribution < -0.4 is 4.90 Å². The van der Waals surface area contributed by atoms with Crippen molar-refractivity contribution in [3.05, 3.63) is 109 Å². The number of hydrogen-bond acceptors (Lipinski definition) is 7. The van der Waals surface area contributed by atoms with Gasteiger partial charge in [0.15, 0.2) is 0 Å². The number of benzene rings is 4. The molecule has 0 saturated carbocycles. The molecule has 0 spiro atoms. The lowest BCUT2D eigenvalue weighted by atomic mass is 9.94. The number of amides is 1. The number of nitrogens with one attached hydrogen (secondary N) is 1. The van der Waals surface area contributed by atoms with Crippen molar-refractivity contribution in [1.29, 1.82) is 0 Å². The number of ether oxygens (including phenoxy) is 1. The molecule has 1 aromatic heterocycles. The van der Waals surface area contributed by atoms with Gasteiger partial charge in [0, 0.05) is 41.4 Å². The third kappa shape index (κ3) is 7.79. The number of rotatable bonds is 14. The molecular formula is C34H35N3O4S2. The van der Waals surface area contributed by atoms with Crippen molar-refractivity contribution in [2.45, 2.75) is 25.8 Å². The van der Waals surface area contributed by atoms with Gasteiger partial charge in [0.1, 0.15) is 12.6 Å². The van der Waals surface area contributed by atoms with E-state index in [1.807, 2.05) is 67.6 Å². The lowest BCUT2D eigenvalue weighted by molar-refractivity contribution is -0.146. The van der Waals surface area contributed by atoms with Crippen LogP contribution in [0.4, 0.5) is 5.69 Å². The molecule has 5 rings (SSSR count). The Morgan fingerprint density at radius 2 is 1.65 bits per heavy atom. The van der Waals surface area contributed by atoms with Gasteiger partial charge in [0.05, 0.1) is 12.9 Å². The molecule has 2 atom stereocenters. The van der Waals surface area contributed by atoms with Crippen LogP contribution in [0.5, 0.6) is 0 Å². The molecule has 43 heavy (non-hydrogen) atoms. The highest BCUT2D eigenvalue weighted by Crippen LogP contribution is 2.29. The Balaban J connectivity index is 1.48. The lowest BCUT2D eigenvalue weighted by Gasteiger charge is -2.32. The molecular weight excluding hydrogens is 579 g/mol. The van der Waals surface area contributed by atoms with E-state index >= 15 is 0 Å². The summed E-state index contributed by atoms with van der Waals surface area (Å²) in [4.78, 5) is 37.1. The van der Waals surface area contributed by atoms with Gasteiger partial charge in [-0.3, -0.25) is 9.69 Å². The molecule has 222 valence electrons. The van der Waals surface area contributed by atoms with Gasteiger partial charge in [0.2, 0.25) is 5.91 Å². The van der Waals surface area contributed by atoms with Gasteiger partial charge >= 0.3 is 5.97 Å². The number of aromatic nitrogens is 2. The number of aliphatic hydroxyl groups excluding tert-OH is 1. The molecule has 0 saturated heterocycles. The first-order valence-electron chi connectivity index (χ1n) is 14.3. The third-order valence-electron chi connectivity index (χ3n) is 7.30. The van der Waals surface area contributed by atoms with Crippen LogP contribution in [0.1, 0.15) is 18.2 Å².